The number of aliphatic hydroxyl groups is 1. The number of ether oxygens (including phenoxy) is 1. The Kier molecular flexibility index (Phi) is 3.77. The number of anilines is 1. The molecule has 1 aliphatic rings. The molecule has 4 heteroatoms. The Morgan fingerprint density at radius 2 is 1.85 bits per heavy atom. The van der Waals surface area contributed by atoms with Crippen LogP contribution >= 0.6 is 0 Å². The summed E-state index contributed by atoms with van der Waals surface area (Å²) in [6.07, 6.45) is 0. The molecule has 2 rings (SSSR count). The number of hydrogen-bond donors (Lipinski definition) is 1. The van der Waals surface area contributed by atoms with Gasteiger partial charge in [-0.25, -0.2) is 0 Å². The molecule has 0 radical (unpaired) electrons. The number of morpholine rings is 1. The van der Waals surface area contributed by atoms with Crippen molar-refractivity contribution in [2.75, 3.05) is 18.0 Å². The molecule has 0 unspecified atom stereocenters. The molecule has 1 aliphatic heterocycles. The van der Waals surface area contributed by atoms with E-state index in [0.717, 1.165) is 24.3 Å². The van der Waals surface area contributed by atoms with Crippen molar-refractivity contribution < 1.29 is 9.84 Å². The molecule has 20 heavy (non-hydrogen) atoms. The lowest BCUT2D eigenvalue weighted by atomic mass is 9.97. The van der Waals surface area contributed by atoms with Crippen LogP contribution in [0.3, 0.4) is 0 Å². The molecule has 4 nitrogen and oxygen atoms in total. The van der Waals surface area contributed by atoms with Gasteiger partial charge in [0, 0.05) is 13.1 Å². The summed E-state index contributed by atoms with van der Waals surface area (Å²) in [5, 5.41) is 18.5. The van der Waals surface area contributed by atoms with Gasteiger partial charge in [-0.05, 0) is 45.4 Å². The minimum atomic E-state index is -0.260. The zero-order valence-corrected chi connectivity index (χ0v) is 12.6. The van der Waals surface area contributed by atoms with Crippen LogP contribution in [0.4, 0.5) is 5.69 Å². The van der Waals surface area contributed by atoms with Crippen molar-refractivity contribution in [2.45, 2.75) is 45.5 Å². The Morgan fingerprint density at radius 3 is 2.35 bits per heavy atom. The second-order valence-corrected chi connectivity index (χ2v) is 6.60. The van der Waals surface area contributed by atoms with Crippen LogP contribution in [0.1, 0.15) is 38.8 Å². The lowest BCUT2D eigenvalue weighted by molar-refractivity contribution is -0.133. The normalized spacial score (nSPS) is 20.5. The van der Waals surface area contributed by atoms with E-state index in [9.17, 15) is 10.4 Å². The zero-order valence-electron chi connectivity index (χ0n) is 12.6. The minimum Gasteiger partial charge on any atom is -0.392 e. The SMILES string of the molecule is CC1(C)CN(c2ccc(CO)cc2C#N)CC(C)(C)O1. The first-order valence-corrected chi connectivity index (χ1v) is 6.85. The lowest BCUT2D eigenvalue weighted by Gasteiger charge is -2.48. The Hall–Kier alpha value is -1.57. The highest BCUT2D eigenvalue weighted by Crippen LogP contribution is 2.33. The van der Waals surface area contributed by atoms with Gasteiger partial charge < -0.3 is 14.7 Å². The van der Waals surface area contributed by atoms with Crippen molar-refractivity contribution in [3.05, 3.63) is 29.3 Å². The first-order valence-electron chi connectivity index (χ1n) is 6.85. The maximum Gasteiger partial charge on any atom is 0.101 e. The van der Waals surface area contributed by atoms with E-state index in [0.29, 0.717) is 5.56 Å². The fourth-order valence-corrected chi connectivity index (χ4v) is 3.00. The maximum absolute atomic E-state index is 9.34. The third-order valence-corrected chi connectivity index (χ3v) is 3.40. The molecular formula is C16H22N2O2. The first-order chi connectivity index (χ1) is 9.26. The predicted octanol–water partition coefficient (Wildman–Crippen LogP) is 2.44. The van der Waals surface area contributed by atoms with E-state index >= 15 is 0 Å². The molecule has 0 atom stereocenters. The number of rotatable bonds is 2. The highest BCUT2D eigenvalue weighted by atomic mass is 16.5. The van der Waals surface area contributed by atoms with Crippen molar-refractivity contribution in [3.8, 4) is 6.07 Å². The van der Waals surface area contributed by atoms with E-state index in [1.807, 2.05) is 12.1 Å². The summed E-state index contributed by atoms with van der Waals surface area (Å²) in [5.74, 6) is 0. The molecule has 0 spiro atoms. The molecule has 108 valence electrons. The number of nitrogens with zero attached hydrogens (tertiary/aromatic N) is 2. The van der Waals surface area contributed by atoms with Crippen molar-refractivity contribution in [1.29, 1.82) is 5.26 Å². The molecule has 0 bridgehead atoms. The van der Waals surface area contributed by atoms with E-state index in [-0.39, 0.29) is 17.8 Å². The Bertz CT molecular complexity index is 528. The number of hydrogen-bond acceptors (Lipinski definition) is 4. The molecule has 1 fully saturated rings. The summed E-state index contributed by atoms with van der Waals surface area (Å²) < 4.78 is 6.07. The molecule has 0 amide bonds. The van der Waals surface area contributed by atoms with E-state index in [2.05, 4.69) is 38.7 Å². The van der Waals surface area contributed by atoms with Gasteiger partial charge in [0.2, 0.25) is 0 Å². The average molecular weight is 274 g/mol. The smallest absolute Gasteiger partial charge is 0.101 e. The molecular weight excluding hydrogens is 252 g/mol. The van der Waals surface area contributed by atoms with Gasteiger partial charge in [-0.1, -0.05) is 6.07 Å². The van der Waals surface area contributed by atoms with E-state index in [4.69, 9.17) is 4.74 Å². The van der Waals surface area contributed by atoms with E-state index in [1.54, 1.807) is 6.07 Å². The van der Waals surface area contributed by atoms with Crippen LogP contribution in [0, 0.1) is 11.3 Å². The van der Waals surface area contributed by atoms with E-state index < -0.39 is 0 Å². The van der Waals surface area contributed by atoms with Gasteiger partial charge in [-0.3, -0.25) is 0 Å². The Labute approximate surface area is 120 Å². The van der Waals surface area contributed by atoms with Crippen LogP contribution in [0.2, 0.25) is 0 Å². The topological polar surface area (TPSA) is 56.5 Å². The highest BCUT2D eigenvalue weighted by Gasteiger charge is 2.38. The van der Waals surface area contributed by atoms with Gasteiger partial charge in [0.1, 0.15) is 6.07 Å². The third kappa shape index (κ3) is 3.12. The largest absolute Gasteiger partial charge is 0.392 e. The van der Waals surface area contributed by atoms with Gasteiger partial charge >= 0.3 is 0 Å². The number of nitriles is 1. The molecule has 0 saturated carbocycles. The average Bonchev–Trinajstić information content (AvgIpc) is 2.34. The summed E-state index contributed by atoms with van der Waals surface area (Å²) in [4.78, 5) is 2.20. The van der Waals surface area contributed by atoms with E-state index in [1.165, 1.54) is 0 Å². The summed E-state index contributed by atoms with van der Waals surface area (Å²) >= 11 is 0. The van der Waals surface area contributed by atoms with Crippen LogP contribution in [0.15, 0.2) is 18.2 Å². The molecule has 1 heterocycles. The van der Waals surface area contributed by atoms with Crippen molar-refractivity contribution in [3.63, 3.8) is 0 Å². The van der Waals surface area contributed by atoms with Crippen LogP contribution in [-0.4, -0.2) is 29.4 Å². The van der Waals surface area contributed by atoms with Gasteiger partial charge in [0.25, 0.3) is 0 Å². The summed E-state index contributed by atoms with van der Waals surface area (Å²) in [7, 11) is 0. The van der Waals surface area contributed by atoms with Crippen molar-refractivity contribution >= 4 is 5.69 Å². The summed E-state index contributed by atoms with van der Waals surface area (Å²) in [5.41, 5.74) is 1.75. The Morgan fingerprint density at radius 1 is 1.25 bits per heavy atom. The van der Waals surface area contributed by atoms with Gasteiger partial charge in [0.15, 0.2) is 0 Å². The van der Waals surface area contributed by atoms with Gasteiger partial charge in [0.05, 0.1) is 29.1 Å². The van der Waals surface area contributed by atoms with Crippen molar-refractivity contribution in [2.24, 2.45) is 0 Å². The lowest BCUT2D eigenvalue weighted by Crippen LogP contribution is -2.57. The third-order valence-electron chi connectivity index (χ3n) is 3.40. The second kappa shape index (κ2) is 5.08. The fraction of sp³-hybridized carbons (Fsp3) is 0.562. The maximum atomic E-state index is 9.34. The minimum absolute atomic E-state index is 0.0466. The molecule has 1 aromatic rings. The standard InChI is InChI=1S/C16H22N2O2/c1-15(2)10-18(11-16(3,4)20-15)14-6-5-12(9-19)7-13(14)8-17/h5-7,19H,9-11H2,1-4H3. The fourth-order valence-electron chi connectivity index (χ4n) is 3.00. The summed E-state index contributed by atoms with van der Waals surface area (Å²) in [6, 6.07) is 7.77. The number of benzene rings is 1. The highest BCUT2D eigenvalue weighted by molar-refractivity contribution is 5.61. The van der Waals surface area contributed by atoms with Gasteiger partial charge in [-0.2, -0.15) is 5.26 Å². The van der Waals surface area contributed by atoms with Crippen LogP contribution < -0.4 is 4.90 Å². The molecule has 1 aromatic carbocycles. The quantitative estimate of drug-likeness (QED) is 0.900. The van der Waals surface area contributed by atoms with Crippen LogP contribution in [0.5, 0.6) is 0 Å². The second-order valence-electron chi connectivity index (χ2n) is 6.60. The summed E-state index contributed by atoms with van der Waals surface area (Å²) in [6.45, 7) is 9.69. The van der Waals surface area contributed by atoms with Crippen LogP contribution in [-0.2, 0) is 11.3 Å². The molecule has 0 aliphatic carbocycles. The molecule has 1 saturated heterocycles. The zero-order chi connectivity index (χ0) is 15.0. The number of aliphatic hydroxyl groups excluding tert-OH is 1. The van der Waals surface area contributed by atoms with Crippen LogP contribution in [0.25, 0.3) is 0 Å². The Balaban J connectivity index is 2.38. The molecule has 0 aromatic heterocycles. The van der Waals surface area contributed by atoms with Crippen molar-refractivity contribution in [1.82, 2.24) is 0 Å². The molecule has 1 N–H and O–H groups in total. The van der Waals surface area contributed by atoms with Gasteiger partial charge in [-0.15, -0.1) is 0 Å². The first kappa shape index (κ1) is 14.8. The monoisotopic (exact) mass is 274 g/mol. The predicted molar refractivity (Wildman–Crippen MR) is 78.5 cm³/mol.